The van der Waals surface area contributed by atoms with Gasteiger partial charge in [-0.2, -0.15) is 0 Å². The highest BCUT2D eigenvalue weighted by Crippen LogP contribution is 2.47. The summed E-state index contributed by atoms with van der Waals surface area (Å²) in [6, 6.07) is 12.6. The Morgan fingerprint density at radius 1 is 1.03 bits per heavy atom. The Kier molecular flexibility index (Phi) is 4.04. The lowest BCUT2D eigenvalue weighted by atomic mass is 10.1. The first-order valence-corrected chi connectivity index (χ1v) is 10.7. The number of benzene rings is 2. The van der Waals surface area contributed by atoms with Crippen molar-refractivity contribution in [2.24, 2.45) is 11.8 Å². The van der Waals surface area contributed by atoms with Crippen LogP contribution < -0.4 is 9.62 Å². The second-order valence-electron chi connectivity index (χ2n) is 7.43. The summed E-state index contributed by atoms with van der Waals surface area (Å²) in [5.41, 5.74) is 0.0406. The first-order valence-electron chi connectivity index (χ1n) is 9.24. The van der Waals surface area contributed by atoms with Crippen molar-refractivity contribution in [1.82, 2.24) is 14.7 Å². The van der Waals surface area contributed by atoms with E-state index in [-0.39, 0.29) is 23.4 Å². The number of nitrogens with one attached hydrogen (secondary N) is 1. The quantitative estimate of drug-likeness (QED) is 0.659. The molecule has 0 bridgehead atoms. The largest absolute Gasteiger partial charge is 0.478 e. The fourth-order valence-corrected chi connectivity index (χ4v) is 5.70. The highest BCUT2D eigenvalue weighted by atomic mass is 32.2. The normalized spacial score (nSPS) is 23.2. The molecule has 29 heavy (non-hydrogen) atoms. The first-order chi connectivity index (χ1) is 13.9. The van der Waals surface area contributed by atoms with E-state index in [9.17, 15) is 13.2 Å². The number of carbonyl (C=O) groups is 1. The molecule has 2 aliphatic rings. The molecule has 1 saturated heterocycles. The third-order valence-corrected chi connectivity index (χ3v) is 7.21. The molecule has 2 atom stereocenters. The van der Waals surface area contributed by atoms with Gasteiger partial charge in [0, 0.05) is 36.9 Å². The zero-order chi connectivity index (χ0) is 20.2. The number of hydrogen-bond donors (Lipinski definition) is 2. The molecule has 1 aliphatic carbocycles. The van der Waals surface area contributed by atoms with E-state index in [1.54, 1.807) is 12.1 Å². The number of carboxylic acids is 1. The van der Waals surface area contributed by atoms with Crippen molar-refractivity contribution in [3.05, 3.63) is 60.4 Å². The van der Waals surface area contributed by atoms with E-state index in [2.05, 4.69) is 14.7 Å². The Hall–Kier alpha value is -3.04. The van der Waals surface area contributed by atoms with Gasteiger partial charge in [-0.05, 0) is 23.3 Å². The summed E-state index contributed by atoms with van der Waals surface area (Å²) >= 11 is 0. The zero-order valence-electron chi connectivity index (χ0n) is 15.3. The number of fused-ring (bicyclic) bond motifs is 2. The molecule has 1 saturated carbocycles. The summed E-state index contributed by atoms with van der Waals surface area (Å²) in [6.45, 7) is 1.28. The Balaban J connectivity index is 1.29. The van der Waals surface area contributed by atoms with Crippen LogP contribution >= 0.6 is 0 Å². The standard InChI is InChI=1S/C20H18N4O4S/c25-19(26)13-8-21-20(22-9-13)24-10-15-16(11-24)18(15)23-29(27,28)17-7-3-5-12-4-1-2-6-14(12)17/h1-9,15-16,18,23H,10-11H2,(H,25,26). The predicted octanol–water partition coefficient (Wildman–Crippen LogP) is 1.74. The topological polar surface area (TPSA) is 112 Å². The molecule has 5 rings (SSSR count). The van der Waals surface area contributed by atoms with Crippen LogP contribution in [-0.2, 0) is 10.0 Å². The second-order valence-corrected chi connectivity index (χ2v) is 9.12. The molecule has 0 amide bonds. The Bertz CT molecular complexity index is 1200. The summed E-state index contributed by atoms with van der Waals surface area (Å²) in [4.78, 5) is 21.4. The molecule has 2 N–H and O–H groups in total. The van der Waals surface area contributed by atoms with E-state index >= 15 is 0 Å². The van der Waals surface area contributed by atoms with Gasteiger partial charge >= 0.3 is 5.97 Å². The van der Waals surface area contributed by atoms with E-state index in [1.165, 1.54) is 12.4 Å². The summed E-state index contributed by atoms with van der Waals surface area (Å²) in [5, 5.41) is 10.5. The number of sulfonamides is 1. The van der Waals surface area contributed by atoms with Crippen LogP contribution in [0.15, 0.2) is 59.8 Å². The number of hydrogen-bond acceptors (Lipinski definition) is 6. The van der Waals surface area contributed by atoms with Gasteiger partial charge in [0.05, 0.1) is 10.5 Å². The van der Waals surface area contributed by atoms with Crippen molar-refractivity contribution in [2.75, 3.05) is 18.0 Å². The lowest BCUT2D eigenvalue weighted by Crippen LogP contribution is -2.35. The molecule has 8 nitrogen and oxygen atoms in total. The number of aromatic nitrogens is 2. The van der Waals surface area contributed by atoms with Crippen molar-refractivity contribution in [3.63, 3.8) is 0 Å². The van der Waals surface area contributed by atoms with Crippen LogP contribution in [0.4, 0.5) is 5.95 Å². The summed E-state index contributed by atoms with van der Waals surface area (Å²) < 4.78 is 28.8. The third kappa shape index (κ3) is 3.12. The lowest BCUT2D eigenvalue weighted by Gasteiger charge is -2.20. The molecule has 0 radical (unpaired) electrons. The fraction of sp³-hybridized carbons (Fsp3) is 0.250. The average molecular weight is 410 g/mol. The SMILES string of the molecule is O=C(O)c1cnc(N2CC3C(C2)C3NS(=O)(=O)c2cccc3ccccc23)nc1. The third-order valence-electron chi connectivity index (χ3n) is 5.69. The van der Waals surface area contributed by atoms with Gasteiger partial charge in [0.25, 0.3) is 0 Å². The van der Waals surface area contributed by atoms with E-state index in [4.69, 9.17) is 5.11 Å². The molecular weight excluding hydrogens is 392 g/mol. The smallest absolute Gasteiger partial charge is 0.338 e. The van der Waals surface area contributed by atoms with Crippen molar-refractivity contribution in [2.45, 2.75) is 10.9 Å². The average Bonchev–Trinajstić information content (AvgIpc) is 3.14. The molecule has 9 heteroatoms. The molecule has 1 aliphatic heterocycles. The summed E-state index contributed by atoms with van der Waals surface area (Å²) in [5.74, 6) is -0.202. The maximum absolute atomic E-state index is 13.0. The van der Waals surface area contributed by atoms with Gasteiger partial charge in [-0.15, -0.1) is 0 Å². The minimum Gasteiger partial charge on any atom is -0.478 e. The molecule has 1 aromatic heterocycles. The van der Waals surface area contributed by atoms with Gasteiger partial charge in [0.2, 0.25) is 16.0 Å². The first kappa shape index (κ1) is 18.0. The molecule has 0 spiro atoms. The van der Waals surface area contributed by atoms with Gasteiger partial charge in [-0.1, -0.05) is 36.4 Å². The van der Waals surface area contributed by atoms with Crippen LogP contribution in [0.2, 0.25) is 0 Å². The van der Waals surface area contributed by atoms with Crippen LogP contribution in [0.1, 0.15) is 10.4 Å². The Labute approximate surface area is 167 Å². The van der Waals surface area contributed by atoms with Gasteiger partial charge in [0.1, 0.15) is 0 Å². The number of aromatic carboxylic acids is 1. The number of nitrogens with zero attached hydrogens (tertiary/aromatic N) is 3. The number of rotatable bonds is 5. The molecular formula is C20H18N4O4S. The zero-order valence-corrected chi connectivity index (χ0v) is 16.1. The second kappa shape index (κ2) is 6.50. The molecule has 2 aromatic carbocycles. The van der Waals surface area contributed by atoms with Crippen molar-refractivity contribution in [3.8, 4) is 0 Å². The van der Waals surface area contributed by atoms with Gasteiger partial charge in [-0.25, -0.2) is 27.9 Å². The van der Waals surface area contributed by atoms with Crippen LogP contribution in [-0.4, -0.2) is 48.6 Å². The van der Waals surface area contributed by atoms with Gasteiger partial charge in [-0.3, -0.25) is 0 Å². The summed E-state index contributed by atoms with van der Waals surface area (Å²) in [7, 11) is -3.63. The van der Waals surface area contributed by atoms with E-state index in [1.807, 2.05) is 35.2 Å². The van der Waals surface area contributed by atoms with Gasteiger partial charge < -0.3 is 10.0 Å². The van der Waals surface area contributed by atoms with Crippen molar-refractivity contribution in [1.29, 1.82) is 0 Å². The number of piperidine rings is 1. The predicted molar refractivity (Wildman–Crippen MR) is 106 cm³/mol. The van der Waals surface area contributed by atoms with E-state index in [0.29, 0.717) is 29.3 Å². The minimum atomic E-state index is -3.63. The highest BCUT2D eigenvalue weighted by molar-refractivity contribution is 7.89. The maximum atomic E-state index is 13.0. The summed E-state index contributed by atoms with van der Waals surface area (Å²) in [6.07, 6.45) is 2.57. The maximum Gasteiger partial charge on any atom is 0.338 e. The Morgan fingerprint density at radius 3 is 2.38 bits per heavy atom. The monoisotopic (exact) mass is 410 g/mol. The van der Waals surface area contributed by atoms with E-state index < -0.39 is 16.0 Å². The van der Waals surface area contributed by atoms with E-state index in [0.717, 1.165) is 5.39 Å². The molecule has 2 unspecified atom stereocenters. The molecule has 2 fully saturated rings. The number of anilines is 1. The van der Waals surface area contributed by atoms with Crippen LogP contribution in [0.25, 0.3) is 10.8 Å². The van der Waals surface area contributed by atoms with Crippen molar-refractivity contribution >= 4 is 32.7 Å². The molecule has 2 heterocycles. The van der Waals surface area contributed by atoms with Gasteiger partial charge in [0.15, 0.2) is 0 Å². The lowest BCUT2D eigenvalue weighted by molar-refractivity contribution is 0.0696. The van der Waals surface area contributed by atoms with Crippen LogP contribution in [0.3, 0.4) is 0 Å². The Morgan fingerprint density at radius 2 is 1.69 bits per heavy atom. The number of carboxylic acid groups (broad SMARTS) is 1. The fourth-order valence-electron chi connectivity index (χ4n) is 4.13. The van der Waals surface area contributed by atoms with Crippen molar-refractivity contribution < 1.29 is 18.3 Å². The minimum absolute atomic E-state index is 0.0406. The highest BCUT2D eigenvalue weighted by Gasteiger charge is 2.57. The molecule has 3 aromatic rings. The molecule has 148 valence electrons. The van der Waals surface area contributed by atoms with Crippen LogP contribution in [0, 0.1) is 11.8 Å². The van der Waals surface area contributed by atoms with Crippen LogP contribution in [0.5, 0.6) is 0 Å².